The van der Waals surface area contributed by atoms with Gasteiger partial charge < -0.3 is 32.6 Å². The molecule has 306 valence electrons. The number of phosphoric ester groups is 1. The normalized spacial score (nSPS) is 17.9. The van der Waals surface area contributed by atoms with Gasteiger partial charge in [0, 0.05) is 6.42 Å². The van der Waals surface area contributed by atoms with Crippen molar-refractivity contribution in [3.05, 3.63) is 24.5 Å². The van der Waals surface area contributed by atoms with Gasteiger partial charge in [-0.3, -0.25) is 9.36 Å². The molecule has 9 nitrogen and oxygen atoms in total. The van der Waals surface area contributed by atoms with E-state index in [4.69, 9.17) is 23.3 Å². The van der Waals surface area contributed by atoms with Crippen LogP contribution in [0.25, 0.3) is 0 Å². The molecule has 0 radical (unpaired) electrons. The second-order valence-corrected chi connectivity index (χ2v) is 17.2. The number of allylic oxidation sites excluding steroid dienone is 2. The van der Waals surface area contributed by atoms with Crippen LogP contribution in [-0.4, -0.2) is 76.3 Å². The summed E-state index contributed by atoms with van der Waals surface area (Å²) in [5, 5.41) is 0. The molecule has 0 N–H and O–H groups in total. The number of hydrogen-bond acceptors (Lipinski definition) is 8. The van der Waals surface area contributed by atoms with E-state index in [2.05, 4.69) is 26.0 Å². The van der Waals surface area contributed by atoms with E-state index in [1.54, 1.807) is 6.26 Å². The maximum absolute atomic E-state index is 12.7. The molecule has 1 aliphatic rings. The van der Waals surface area contributed by atoms with E-state index < -0.39 is 13.9 Å². The maximum atomic E-state index is 12.7. The minimum atomic E-state index is -4.54. The highest BCUT2D eigenvalue weighted by atomic mass is 31.2. The van der Waals surface area contributed by atoms with Crippen molar-refractivity contribution in [1.82, 2.24) is 0 Å². The van der Waals surface area contributed by atoms with Crippen LogP contribution < -0.4 is 4.89 Å². The van der Waals surface area contributed by atoms with Crippen molar-refractivity contribution in [2.45, 2.75) is 193 Å². The van der Waals surface area contributed by atoms with Gasteiger partial charge >= 0.3 is 5.97 Å². The number of quaternary nitrogens is 1. The Hall–Kier alpha value is -1.22. The Bertz CT molecular complexity index is 953. The van der Waals surface area contributed by atoms with Crippen LogP contribution in [0.5, 0.6) is 0 Å². The van der Waals surface area contributed by atoms with Crippen molar-refractivity contribution < 1.29 is 42.0 Å². The molecule has 4 atom stereocenters. The fraction of sp³-hybridized carbons (Fsp3) is 0.881. The van der Waals surface area contributed by atoms with Crippen molar-refractivity contribution in [1.29, 1.82) is 0 Å². The van der Waals surface area contributed by atoms with E-state index >= 15 is 0 Å². The first-order chi connectivity index (χ1) is 25.1. The van der Waals surface area contributed by atoms with E-state index in [0.29, 0.717) is 23.2 Å². The zero-order valence-corrected chi connectivity index (χ0v) is 35.1. The molecule has 10 heteroatoms. The lowest BCUT2D eigenvalue weighted by atomic mass is 10.0. The fourth-order valence-electron chi connectivity index (χ4n) is 6.05. The highest BCUT2D eigenvalue weighted by Crippen LogP contribution is 2.38. The number of esters is 1. The van der Waals surface area contributed by atoms with Crippen LogP contribution in [0.15, 0.2) is 24.5 Å². The van der Waals surface area contributed by atoms with Crippen LogP contribution >= 0.6 is 7.82 Å². The number of unbranched alkanes of at least 4 members (excludes halogenated alkanes) is 19. The molecule has 1 saturated heterocycles. The van der Waals surface area contributed by atoms with Crippen molar-refractivity contribution in [2.24, 2.45) is 0 Å². The Labute approximate surface area is 319 Å². The number of carbonyl (C=O) groups excluding carboxylic acids is 1. The predicted octanol–water partition coefficient (Wildman–Crippen LogP) is 10.8. The summed E-state index contributed by atoms with van der Waals surface area (Å²) in [4.78, 5) is 25.0. The Morgan fingerprint density at radius 1 is 0.712 bits per heavy atom. The highest BCUT2D eigenvalue weighted by molar-refractivity contribution is 7.45. The smallest absolute Gasteiger partial charge is 0.306 e. The Morgan fingerprint density at radius 2 is 1.27 bits per heavy atom. The summed E-state index contributed by atoms with van der Waals surface area (Å²) < 4.78 is 40.1. The Balaban J connectivity index is 2.27. The number of carbonyl (C=O) groups is 1. The molecule has 0 aromatic carbocycles. The largest absolute Gasteiger partial charge is 0.756 e. The average molecular weight is 758 g/mol. The molecule has 0 saturated carbocycles. The molecule has 0 aromatic heterocycles. The van der Waals surface area contributed by atoms with Gasteiger partial charge in [0.2, 0.25) is 0 Å². The van der Waals surface area contributed by atoms with Crippen LogP contribution in [-0.2, 0) is 32.6 Å². The van der Waals surface area contributed by atoms with Crippen molar-refractivity contribution in [3.63, 3.8) is 0 Å². The molecule has 0 aliphatic carbocycles. The summed E-state index contributed by atoms with van der Waals surface area (Å²) in [6, 6.07) is 0. The maximum Gasteiger partial charge on any atom is 0.306 e. The molecule has 1 rings (SSSR count). The lowest BCUT2D eigenvalue weighted by molar-refractivity contribution is -0.870. The van der Waals surface area contributed by atoms with Crippen LogP contribution in [0.3, 0.4) is 0 Å². The first-order valence-electron chi connectivity index (χ1n) is 21.2. The quantitative estimate of drug-likeness (QED) is 0.0117. The van der Waals surface area contributed by atoms with Crippen LogP contribution in [0, 0.1) is 0 Å². The van der Waals surface area contributed by atoms with Crippen molar-refractivity contribution in [3.8, 4) is 0 Å². The van der Waals surface area contributed by atoms with Gasteiger partial charge in [-0.1, -0.05) is 135 Å². The zero-order valence-electron chi connectivity index (χ0n) is 34.2. The molecular formula is C42H80NO8P. The third-order valence-electron chi connectivity index (χ3n) is 9.49. The molecule has 52 heavy (non-hydrogen) atoms. The minimum absolute atomic E-state index is 0.0118. The molecule has 0 amide bonds. The number of phosphoric acid groups is 1. The molecular weight excluding hydrogens is 677 g/mol. The van der Waals surface area contributed by atoms with Gasteiger partial charge in [-0.25, -0.2) is 0 Å². The second-order valence-electron chi connectivity index (χ2n) is 15.8. The van der Waals surface area contributed by atoms with Gasteiger partial charge in [-0.2, -0.15) is 0 Å². The van der Waals surface area contributed by atoms with Crippen LogP contribution in [0.1, 0.15) is 174 Å². The number of likely N-dealkylation sites (N-methyl/N-ethyl adjacent to an activating group) is 1. The van der Waals surface area contributed by atoms with E-state index in [1.165, 1.54) is 96.3 Å². The molecule has 1 fully saturated rings. The van der Waals surface area contributed by atoms with Gasteiger partial charge in [0.1, 0.15) is 19.8 Å². The first-order valence-corrected chi connectivity index (χ1v) is 22.7. The number of nitrogens with zero attached hydrogens (tertiary/aromatic N) is 1. The molecule has 0 spiro atoms. The minimum Gasteiger partial charge on any atom is -0.756 e. The topological polar surface area (TPSA) is 107 Å². The summed E-state index contributed by atoms with van der Waals surface area (Å²) in [7, 11) is 1.31. The molecule has 1 aliphatic heterocycles. The zero-order chi connectivity index (χ0) is 38.2. The van der Waals surface area contributed by atoms with Gasteiger partial charge in [-0.15, -0.1) is 0 Å². The lowest BCUT2D eigenvalue weighted by Gasteiger charge is -2.28. The van der Waals surface area contributed by atoms with Gasteiger partial charge in [-0.05, 0) is 51.0 Å². The second kappa shape index (κ2) is 32.1. The first kappa shape index (κ1) is 48.8. The molecule has 1 heterocycles. The number of epoxide rings is 1. The van der Waals surface area contributed by atoms with E-state index in [-0.39, 0.29) is 32.2 Å². The number of rotatable bonds is 38. The molecule has 3 unspecified atom stereocenters. The van der Waals surface area contributed by atoms with E-state index in [0.717, 1.165) is 57.8 Å². The SMILES string of the molecule is CCCCC/C=C\CC1OC1CCCCCCCC(=O)O[C@H](CO/C=C/CCCCCCCCCCCCCC)COP(=O)([O-])OCC[N+](C)(C)C. The van der Waals surface area contributed by atoms with Crippen LogP contribution in [0.2, 0.25) is 0 Å². The van der Waals surface area contributed by atoms with E-state index in [1.807, 2.05) is 27.2 Å². The summed E-state index contributed by atoms with van der Waals surface area (Å²) in [6.45, 7) is 4.68. The van der Waals surface area contributed by atoms with Crippen molar-refractivity contribution in [2.75, 3.05) is 47.5 Å². The molecule has 0 bridgehead atoms. The van der Waals surface area contributed by atoms with Gasteiger partial charge in [0.05, 0.1) is 46.2 Å². The molecule has 0 aromatic rings. The average Bonchev–Trinajstić information content (AvgIpc) is 3.85. The third kappa shape index (κ3) is 32.2. The van der Waals surface area contributed by atoms with E-state index in [9.17, 15) is 14.3 Å². The van der Waals surface area contributed by atoms with Gasteiger partial charge in [0.25, 0.3) is 7.82 Å². The number of hydrogen-bond donors (Lipinski definition) is 0. The Morgan fingerprint density at radius 3 is 1.92 bits per heavy atom. The Kier molecular flexibility index (Phi) is 30.1. The summed E-state index contributed by atoms with van der Waals surface area (Å²) >= 11 is 0. The van der Waals surface area contributed by atoms with Crippen molar-refractivity contribution >= 4 is 13.8 Å². The summed E-state index contributed by atoms with van der Waals surface area (Å²) in [6.07, 6.45) is 37.2. The van der Waals surface area contributed by atoms with Crippen LogP contribution in [0.4, 0.5) is 0 Å². The highest BCUT2D eigenvalue weighted by Gasteiger charge is 2.36. The fourth-order valence-corrected chi connectivity index (χ4v) is 6.78. The lowest BCUT2D eigenvalue weighted by Crippen LogP contribution is -2.37. The van der Waals surface area contributed by atoms with Gasteiger partial charge in [0.15, 0.2) is 6.10 Å². The standard InChI is InChI=1S/C42H80NO8P/c1-6-8-10-12-14-15-16-17-18-19-20-21-26-30-35-47-37-39(38-49-52(45,46)48-36-34-43(3,4)5)50-42(44)33-29-25-22-24-28-32-41-40(51-41)31-27-23-13-11-9-7-2/h23,27,30,35,39-41H,6-22,24-26,28-29,31-34,36-38H2,1-5H3/b27-23-,35-30+/t39-,40?,41?/m1/s1. The monoisotopic (exact) mass is 758 g/mol. The summed E-state index contributed by atoms with van der Waals surface area (Å²) in [5.41, 5.74) is 0. The number of ether oxygens (including phenoxy) is 3. The third-order valence-corrected chi connectivity index (χ3v) is 10.5. The predicted molar refractivity (Wildman–Crippen MR) is 212 cm³/mol. The summed E-state index contributed by atoms with van der Waals surface area (Å²) in [5.74, 6) is -0.374.